The molecule has 0 spiro atoms. The van der Waals surface area contributed by atoms with E-state index in [4.69, 9.17) is 5.11 Å². The molecule has 16 heavy (non-hydrogen) atoms. The van der Waals surface area contributed by atoms with Crippen LogP contribution in [-0.4, -0.2) is 35.6 Å². The average molecular weight is 231 g/mol. The number of rotatable bonds is 7. The maximum atomic E-state index is 11.3. The lowest BCUT2D eigenvalue weighted by atomic mass is 10.2. The second kappa shape index (κ2) is 7.67. The molecule has 6 heteroatoms. The van der Waals surface area contributed by atoms with E-state index in [0.29, 0.717) is 6.42 Å². The molecule has 0 radical (unpaired) electrons. The van der Waals surface area contributed by atoms with E-state index in [1.807, 2.05) is 6.92 Å². The van der Waals surface area contributed by atoms with Crippen molar-refractivity contribution >= 4 is 17.8 Å². The van der Waals surface area contributed by atoms with Gasteiger partial charge >= 0.3 is 11.9 Å². The highest BCUT2D eigenvalue weighted by atomic mass is 16.5. The summed E-state index contributed by atoms with van der Waals surface area (Å²) >= 11 is 0. The van der Waals surface area contributed by atoms with Crippen LogP contribution in [0, 0.1) is 0 Å². The van der Waals surface area contributed by atoms with Gasteiger partial charge in [-0.3, -0.25) is 9.59 Å². The lowest BCUT2D eigenvalue weighted by molar-refractivity contribution is -0.151. The van der Waals surface area contributed by atoms with Crippen LogP contribution in [0.3, 0.4) is 0 Å². The van der Waals surface area contributed by atoms with Crippen LogP contribution >= 0.6 is 0 Å². The molecule has 0 fully saturated rings. The lowest BCUT2D eigenvalue weighted by Gasteiger charge is -2.15. The van der Waals surface area contributed by atoms with Crippen molar-refractivity contribution in [3.63, 3.8) is 0 Å². The molecule has 0 aromatic rings. The summed E-state index contributed by atoms with van der Waals surface area (Å²) in [6.07, 6.45) is 0.429. The van der Waals surface area contributed by atoms with Gasteiger partial charge in [0.15, 0.2) is 0 Å². The van der Waals surface area contributed by atoms with Crippen LogP contribution < -0.4 is 5.32 Å². The SMILES string of the molecule is CCCC(=O)NC(CC(=O)O)C(=O)OCC. The van der Waals surface area contributed by atoms with Gasteiger partial charge in [0.25, 0.3) is 0 Å². The number of esters is 1. The minimum absolute atomic E-state index is 0.151. The van der Waals surface area contributed by atoms with Crippen molar-refractivity contribution in [2.75, 3.05) is 6.61 Å². The van der Waals surface area contributed by atoms with Crippen molar-refractivity contribution in [2.45, 2.75) is 39.2 Å². The van der Waals surface area contributed by atoms with Crippen LogP contribution in [0.1, 0.15) is 33.1 Å². The highest BCUT2D eigenvalue weighted by molar-refractivity contribution is 5.87. The Balaban J connectivity index is 4.36. The van der Waals surface area contributed by atoms with E-state index in [9.17, 15) is 14.4 Å². The number of carbonyl (C=O) groups excluding carboxylic acids is 2. The maximum Gasteiger partial charge on any atom is 0.329 e. The highest BCUT2D eigenvalue weighted by Gasteiger charge is 2.24. The van der Waals surface area contributed by atoms with Gasteiger partial charge in [-0.05, 0) is 13.3 Å². The van der Waals surface area contributed by atoms with Gasteiger partial charge in [-0.15, -0.1) is 0 Å². The van der Waals surface area contributed by atoms with Crippen molar-refractivity contribution in [1.29, 1.82) is 0 Å². The van der Waals surface area contributed by atoms with Crippen LogP contribution in [0.15, 0.2) is 0 Å². The smallest absolute Gasteiger partial charge is 0.329 e. The summed E-state index contributed by atoms with van der Waals surface area (Å²) in [5.74, 6) is -2.22. The Morgan fingerprint density at radius 2 is 1.94 bits per heavy atom. The zero-order valence-corrected chi connectivity index (χ0v) is 9.49. The molecule has 0 saturated carbocycles. The van der Waals surface area contributed by atoms with Gasteiger partial charge < -0.3 is 15.2 Å². The van der Waals surface area contributed by atoms with E-state index in [0.717, 1.165) is 0 Å². The Morgan fingerprint density at radius 1 is 1.31 bits per heavy atom. The number of carboxylic acid groups (broad SMARTS) is 1. The summed E-state index contributed by atoms with van der Waals surface area (Å²) in [7, 11) is 0. The Morgan fingerprint density at radius 3 is 2.38 bits per heavy atom. The highest BCUT2D eigenvalue weighted by Crippen LogP contribution is 1.98. The molecule has 2 N–H and O–H groups in total. The zero-order chi connectivity index (χ0) is 12.6. The summed E-state index contributed by atoms with van der Waals surface area (Å²) in [4.78, 5) is 33.0. The predicted molar refractivity (Wildman–Crippen MR) is 55.7 cm³/mol. The summed E-state index contributed by atoms with van der Waals surface area (Å²) in [6.45, 7) is 3.58. The largest absolute Gasteiger partial charge is 0.481 e. The van der Waals surface area contributed by atoms with E-state index in [1.165, 1.54) is 0 Å². The molecule has 0 bridgehead atoms. The van der Waals surface area contributed by atoms with E-state index >= 15 is 0 Å². The summed E-state index contributed by atoms with van der Waals surface area (Å²) < 4.78 is 4.67. The number of ether oxygens (including phenoxy) is 1. The monoisotopic (exact) mass is 231 g/mol. The van der Waals surface area contributed by atoms with Gasteiger partial charge in [-0.1, -0.05) is 6.92 Å². The topological polar surface area (TPSA) is 92.7 Å². The molecule has 0 aliphatic heterocycles. The number of carboxylic acids is 1. The standard InChI is InChI=1S/C10H17NO5/c1-3-5-8(12)11-7(6-9(13)14)10(15)16-4-2/h7H,3-6H2,1-2H3,(H,11,12)(H,13,14). The number of carbonyl (C=O) groups is 3. The van der Waals surface area contributed by atoms with E-state index in [-0.39, 0.29) is 18.9 Å². The Kier molecular flexibility index (Phi) is 6.91. The van der Waals surface area contributed by atoms with Gasteiger partial charge in [-0.2, -0.15) is 0 Å². The van der Waals surface area contributed by atoms with Gasteiger partial charge in [0, 0.05) is 6.42 Å². The van der Waals surface area contributed by atoms with Gasteiger partial charge in [0.2, 0.25) is 5.91 Å². The molecule has 0 aliphatic carbocycles. The quantitative estimate of drug-likeness (QED) is 0.615. The first kappa shape index (κ1) is 14.4. The van der Waals surface area contributed by atoms with Crippen LogP contribution in [0.4, 0.5) is 0 Å². The molecule has 0 saturated heterocycles. The fraction of sp³-hybridized carbons (Fsp3) is 0.700. The number of nitrogens with one attached hydrogen (secondary N) is 1. The van der Waals surface area contributed by atoms with Crippen LogP contribution in [0.5, 0.6) is 0 Å². The summed E-state index contributed by atoms with van der Waals surface area (Å²) in [6, 6.07) is -1.10. The Hall–Kier alpha value is -1.59. The number of aliphatic carboxylic acids is 1. The number of hydrogen-bond acceptors (Lipinski definition) is 4. The zero-order valence-electron chi connectivity index (χ0n) is 9.49. The third-order valence-corrected chi connectivity index (χ3v) is 1.76. The normalized spacial score (nSPS) is 11.6. The molecule has 0 aliphatic rings. The first-order valence-corrected chi connectivity index (χ1v) is 5.19. The average Bonchev–Trinajstić information content (AvgIpc) is 2.16. The van der Waals surface area contributed by atoms with Crippen molar-refractivity contribution in [3.8, 4) is 0 Å². The summed E-state index contributed by atoms with van der Waals surface area (Å²) in [5, 5.41) is 10.9. The van der Waals surface area contributed by atoms with Gasteiger partial charge in [-0.25, -0.2) is 4.79 Å². The molecule has 1 atom stereocenters. The third kappa shape index (κ3) is 6.00. The van der Waals surface area contributed by atoms with E-state index < -0.39 is 24.4 Å². The summed E-state index contributed by atoms with van der Waals surface area (Å²) in [5.41, 5.74) is 0. The number of hydrogen-bond donors (Lipinski definition) is 2. The van der Waals surface area contributed by atoms with Gasteiger partial charge in [0.05, 0.1) is 13.0 Å². The molecule has 0 aromatic carbocycles. The second-order valence-corrected chi connectivity index (χ2v) is 3.22. The first-order chi connectivity index (χ1) is 7.51. The molecule has 6 nitrogen and oxygen atoms in total. The van der Waals surface area contributed by atoms with Crippen molar-refractivity contribution in [2.24, 2.45) is 0 Å². The molecule has 0 rings (SSSR count). The first-order valence-electron chi connectivity index (χ1n) is 5.19. The minimum Gasteiger partial charge on any atom is -0.481 e. The maximum absolute atomic E-state index is 11.3. The van der Waals surface area contributed by atoms with Crippen molar-refractivity contribution in [1.82, 2.24) is 5.32 Å². The van der Waals surface area contributed by atoms with Crippen LogP contribution in [-0.2, 0) is 19.1 Å². The van der Waals surface area contributed by atoms with Crippen LogP contribution in [0.2, 0.25) is 0 Å². The fourth-order valence-electron chi connectivity index (χ4n) is 1.10. The molecule has 1 unspecified atom stereocenters. The van der Waals surface area contributed by atoms with Gasteiger partial charge in [0.1, 0.15) is 6.04 Å². The molecule has 0 heterocycles. The van der Waals surface area contributed by atoms with Crippen molar-refractivity contribution in [3.05, 3.63) is 0 Å². The Bertz CT molecular complexity index is 264. The lowest BCUT2D eigenvalue weighted by Crippen LogP contribution is -2.43. The predicted octanol–water partition coefficient (Wildman–Crippen LogP) is 0.309. The molecular weight excluding hydrogens is 214 g/mol. The Labute approximate surface area is 94.0 Å². The molecular formula is C10H17NO5. The fourth-order valence-corrected chi connectivity index (χ4v) is 1.10. The second-order valence-electron chi connectivity index (χ2n) is 3.22. The molecule has 0 aromatic heterocycles. The molecule has 92 valence electrons. The molecule has 1 amide bonds. The van der Waals surface area contributed by atoms with Crippen molar-refractivity contribution < 1.29 is 24.2 Å². The minimum atomic E-state index is -1.16. The van der Waals surface area contributed by atoms with Crippen LogP contribution in [0.25, 0.3) is 0 Å². The van der Waals surface area contributed by atoms with E-state index in [2.05, 4.69) is 10.1 Å². The third-order valence-electron chi connectivity index (χ3n) is 1.76. The number of amides is 1. The van der Waals surface area contributed by atoms with E-state index in [1.54, 1.807) is 6.92 Å².